The highest BCUT2D eigenvalue weighted by Crippen LogP contribution is 2.26. The molecular weight excluding hydrogens is 244 g/mol. The molecule has 19 heavy (non-hydrogen) atoms. The van der Waals surface area contributed by atoms with Gasteiger partial charge in [-0.1, -0.05) is 12.1 Å². The lowest BCUT2D eigenvalue weighted by atomic mass is 10.2. The fraction of sp³-hybridized carbons (Fsp3) is 0.500. The number of carbonyl (C=O) groups is 1. The number of nitrogens with zero attached hydrogens (tertiary/aromatic N) is 1. The Labute approximate surface area is 113 Å². The van der Waals surface area contributed by atoms with Crippen molar-refractivity contribution in [3.63, 3.8) is 0 Å². The zero-order valence-electron chi connectivity index (χ0n) is 11.4. The van der Waals surface area contributed by atoms with Gasteiger partial charge in [-0.2, -0.15) is 0 Å². The summed E-state index contributed by atoms with van der Waals surface area (Å²) in [6.45, 7) is 5.00. The van der Waals surface area contributed by atoms with Gasteiger partial charge in [0.25, 0.3) is 0 Å². The SMILES string of the molecule is COC(=O)C(C)Nc1ccccc1N1CCOCC1. The van der Waals surface area contributed by atoms with Crippen LogP contribution < -0.4 is 10.2 Å². The minimum absolute atomic E-state index is 0.267. The van der Waals surface area contributed by atoms with Crippen molar-refractivity contribution >= 4 is 17.3 Å². The standard InChI is InChI=1S/C14H20N2O3/c1-11(14(17)18-2)15-12-5-3-4-6-13(12)16-7-9-19-10-8-16/h3-6,11,15H,7-10H2,1-2H3. The van der Waals surface area contributed by atoms with E-state index in [0.717, 1.165) is 37.7 Å². The quantitative estimate of drug-likeness (QED) is 0.835. The molecule has 104 valence electrons. The second-order valence-corrected chi connectivity index (χ2v) is 4.51. The predicted molar refractivity (Wildman–Crippen MR) is 74.6 cm³/mol. The Hall–Kier alpha value is -1.75. The van der Waals surface area contributed by atoms with Crippen molar-refractivity contribution in [2.45, 2.75) is 13.0 Å². The number of methoxy groups -OCH3 is 1. The van der Waals surface area contributed by atoms with Crippen molar-refractivity contribution in [2.24, 2.45) is 0 Å². The smallest absolute Gasteiger partial charge is 0.327 e. The van der Waals surface area contributed by atoms with Gasteiger partial charge in [0.05, 0.1) is 31.7 Å². The molecule has 1 fully saturated rings. The minimum atomic E-state index is -0.368. The lowest BCUT2D eigenvalue weighted by molar-refractivity contribution is -0.141. The summed E-state index contributed by atoms with van der Waals surface area (Å²) < 4.78 is 10.1. The number of hydrogen-bond donors (Lipinski definition) is 1. The summed E-state index contributed by atoms with van der Waals surface area (Å²) >= 11 is 0. The minimum Gasteiger partial charge on any atom is -0.467 e. The third kappa shape index (κ3) is 3.38. The number of para-hydroxylation sites is 2. The molecule has 0 spiro atoms. The second kappa shape index (κ2) is 6.43. The van der Waals surface area contributed by atoms with E-state index in [1.54, 1.807) is 6.92 Å². The molecule has 1 aliphatic heterocycles. The van der Waals surface area contributed by atoms with Gasteiger partial charge in [0.1, 0.15) is 6.04 Å². The second-order valence-electron chi connectivity index (χ2n) is 4.51. The topological polar surface area (TPSA) is 50.8 Å². The maximum atomic E-state index is 11.5. The van der Waals surface area contributed by atoms with E-state index in [2.05, 4.69) is 16.3 Å². The van der Waals surface area contributed by atoms with Gasteiger partial charge in [0.2, 0.25) is 0 Å². The van der Waals surface area contributed by atoms with Crippen LogP contribution in [-0.4, -0.2) is 45.4 Å². The van der Waals surface area contributed by atoms with Crippen LogP contribution in [0.1, 0.15) is 6.92 Å². The Morgan fingerprint density at radius 1 is 1.37 bits per heavy atom. The van der Waals surface area contributed by atoms with Crippen molar-refractivity contribution in [3.05, 3.63) is 24.3 Å². The molecule has 1 aliphatic rings. The molecule has 1 aromatic rings. The highest BCUT2D eigenvalue weighted by Gasteiger charge is 2.18. The van der Waals surface area contributed by atoms with E-state index >= 15 is 0 Å². The van der Waals surface area contributed by atoms with Gasteiger partial charge in [-0.15, -0.1) is 0 Å². The number of hydrogen-bond acceptors (Lipinski definition) is 5. The molecule has 0 aromatic heterocycles. The summed E-state index contributed by atoms with van der Waals surface area (Å²) in [7, 11) is 1.40. The summed E-state index contributed by atoms with van der Waals surface area (Å²) in [4.78, 5) is 13.7. The number of esters is 1. The zero-order valence-corrected chi connectivity index (χ0v) is 11.4. The Kier molecular flexibility index (Phi) is 4.63. The molecule has 2 rings (SSSR count). The molecule has 1 N–H and O–H groups in total. The Morgan fingerprint density at radius 3 is 2.74 bits per heavy atom. The molecule has 1 saturated heterocycles. The molecule has 5 nitrogen and oxygen atoms in total. The van der Waals surface area contributed by atoms with E-state index in [-0.39, 0.29) is 12.0 Å². The zero-order chi connectivity index (χ0) is 13.7. The molecule has 1 atom stereocenters. The first kappa shape index (κ1) is 13.7. The highest BCUT2D eigenvalue weighted by molar-refractivity contribution is 5.81. The molecule has 0 aliphatic carbocycles. The van der Waals surface area contributed by atoms with Gasteiger partial charge in [0, 0.05) is 13.1 Å². The largest absolute Gasteiger partial charge is 0.467 e. The summed E-state index contributed by atoms with van der Waals surface area (Å²) in [6, 6.07) is 7.61. The maximum absolute atomic E-state index is 11.5. The molecule has 0 amide bonds. The van der Waals surface area contributed by atoms with Crippen LogP contribution in [0.15, 0.2) is 24.3 Å². The van der Waals surface area contributed by atoms with Crippen LogP contribution in [-0.2, 0) is 14.3 Å². The molecule has 0 bridgehead atoms. The first-order chi connectivity index (χ1) is 9.22. The lowest BCUT2D eigenvalue weighted by Crippen LogP contribution is -2.37. The van der Waals surface area contributed by atoms with Gasteiger partial charge < -0.3 is 19.7 Å². The van der Waals surface area contributed by atoms with E-state index in [1.807, 2.05) is 18.2 Å². The number of morpholine rings is 1. The number of carbonyl (C=O) groups excluding carboxylic acids is 1. The molecule has 1 unspecified atom stereocenters. The summed E-state index contributed by atoms with van der Waals surface area (Å²) in [5.41, 5.74) is 2.05. The van der Waals surface area contributed by atoms with Gasteiger partial charge in [0.15, 0.2) is 0 Å². The molecule has 1 aromatic carbocycles. The van der Waals surface area contributed by atoms with Crippen molar-refractivity contribution in [2.75, 3.05) is 43.6 Å². The Balaban J connectivity index is 2.13. The van der Waals surface area contributed by atoms with Crippen LogP contribution in [0.25, 0.3) is 0 Å². The average molecular weight is 264 g/mol. The third-order valence-electron chi connectivity index (χ3n) is 3.18. The van der Waals surface area contributed by atoms with Crippen molar-refractivity contribution in [1.29, 1.82) is 0 Å². The normalized spacial score (nSPS) is 16.8. The predicted octanol–water partition coefficient (Wildman–Crippen LogP) is 1.50. The maximum Gasteiger partial charge on any atom is 0.327 e. The molecule has 1 heterocycles. The van der Waals surface area contributed by atoms with E-state index in [1.165, 1.54) is 7.11 Å². The summed E-state index contributed by atoms with van der Waals surface area (Å²) in [6.07, 6.45) is 0. The van der Waals surface area contributed by atoms with Gasteiger partial charge in [-0.05, 0) is 19.1 Å². The van der Waals surface area contributed by atoms with E-state index in [0.29, 0.717) is 0 Å². The Bertz CT molecular complexity index is 430. The number of benzene rings is 1. The van der Waals surface area contributed by atoms with Crippen LogP contribution in [0, 0.1) is 0 Å². The highest BCUT2D eigenvalue weighted by atomic mass is 16.5. The van der Waals surface area contributed by atoms with Crippen LogP contribution in [0.5, 0.6) is 0 Å². The molecule has 5 heteroatoms. The summed E-state index contributed by atoms with van der Waals surface area (Å²) in [5, 5.41) is 3.20. The third-order valence-corrected chi connectivity index (χ3v) is 3.18. The number of nitrogens with one attached hydrogen (secondary N) is 1. The van der Waals surface area contributed by atoms with Gasteiger partial charge in [-0.25, -0.2) is 4.79 Å². The molecular formula is C14H20N2O3. The fourth-order valence-corrected chi connectivity index (χ4v) is 2.14. The number of anilines is 2. The van der Waals surface area contributed by atoms with Crippen molar-refractivity contribution in [3.8, 4) is 0 Å². The molecule has 0 saturated carbocycles. The number of rotatable bonds is 4. The van der Waals surface area contributed by atoms with Gasteiger partial charge in [-0.3, -0.25) is 0 Å². The van der Waals surface area contributed by atoms with Crippen molar-refractivity contribution in [1.82, 2.24) is 0 Å². The average Bonchev–Trinajstić information content (AvgIpc) is 2.47. The Morgan fingerprint density at radius 2 is 2.05 bits per heavy atom. The van der Waals surface area contributed by atoms with Crippen LogP contribution in [0.3, 0.4) is 0 Å². The van der Waals surface area contributed by atoms with Crippen molar-refractivity contribution < 1.29 is 14.3 Å². The van der Waals surface area contributed by atoms with Crippen LogP contribution in [0.2, 0.25) is 0 Å². The first-order valence-corrected chi connectivity index (χ1v) is 6.48. The van der Waals surface area contributed by atoms with E-state index in [9.17, 15) is 4.79 Å². The fourth-order valence-electron chi connectivity index (χ4n) is 2.14. The van der Waals surface area contributed by atoms with E-state index in [4.69, 9.17) is 9.47 Å². The van der Waals surface area contributed by atoms with E-state index < -0.39 is 0 Å². The van der Waals surface area contributed by atoms with Crippen LogP contribution >= 0.6 is 0 Å². The number of ether oxygens (including phenoxy) is 2. The van der Waals surface area contributed by atoms with Gasteiger partial charge >= 0.3 is 5.97 Å². The first-order valence-electron chi connectivity index (χ1n) is 6.48. The summed E-state index contributed by atoms with van der Waals surface area (Å²) in [5.74, 6) is -0.267. The monoisotopic (exact) mass is 264 g/mol. The lowest BCUT2D eigenvalue weighted by Gasteiger charge is -2.31. The molecule has 0 radical (unpaired) electrons. The van der Waals surface area contributed by atoms with Crippen LogP contribution in [0.4, 0.5) is 11.4 Å².